The summed E-state index contributed by atoms with van der Waals surface area (Å²) in [6.07, 6.45) is 0. The van der Waals surface area contributed by atoms with E-state index in [-0.39, 0.29) is 29.9 Å². The van der Waals surface area contributed by atoms with E-state index in [4.69, 9.17) is 4.74 Å². The Morgan fingerprint density at radius 2 is 1.52 bits per heavy atom. The van der Waals surface area contributed by atoms with Crippen molar-refractivity contribution in [3.8, 4) is 0 Å². The first-order chi connectivity index (χ1) is 8.88. The molecule has 0 bridgehead atoms. The molecule has 1 aromatic rings. The molecule has 0 atom stereocenters. The summed E-state index contributed by atoms with van der Waals surface area (Å²) in [5.74, 6) is 0.346. The van der Waals surface area contributed by atoms with Crippen molar-refractivity contribution in [2.24, 2.45) is 4.99 Å². The van der Waals surface area contributed by atoms with Gasteiger partial charge in [0.15, 0.2) is 0 Å². The molecule has 0 saturated heterocycles. The Hall–Kier alpha value is -1.15. The monoisotopic (exact) mass is 334 g/mol. The van der Waals surface area contributed by atoms with Gasteiger partial charge in [-0.25, -0.2) is 9.79 Å². The maximum absolute atomic E-state index is 11.5. The van der Waals surface area contributed by atoms with E-state index in [0.717, 1.165) is 16.8 Å². The zero-order chi connectivity index (χ0) is 14.6. The third kappa shape index (κ3) is 5.63. The molecule has 0 amide bonds. The zero-order valence-electron chi connectivity index (χ0n) is 14.0. The summed E-state index contributed by atoms with van der Waals surface area (Å²) in [4.78, 5) is 16.0. The number of methoxy groups -OCH3 is 1. The van der Waals surface area contributed by atoms with Crippen LogP contribution in [-0.4, -0.2) is 18.8 Å². The summed E-state index contributed by atoms with van der Waals surface area (Å²) in [5, 5.41) is 0. The van der Waals surface area contributed by atoms with Crippen molar-refractivity contribution in [1.82, 2.24) is 0 Å². The van der Waals surface area contributed by atoms with E-state index in [2.05, 4.69) is 50.9 Å². The van der Waals surface area contributed by atoms with Gasteiger partial charge in [0.25, 0.3) is 0 Å². The maximum Gasteiger partial charge on any atom is 0.352 e. The van der Waals surface area contributed by atoms with Gasteiger partial charge in [0, 0.05) is 16.5 Å². The largest absolute Gasteiger partial charge is 0.465 e. The van der Waals surface area contributed by atoms with E-state index in [1.54, 1.807) is 6.92 Å². The molecule has 0 unspecified atom stereocenters. The summed E-state index contributed by atoms with van der Waals surface area (Å²) in [5.41, 5.74) is 3.62. The standard InChI is InChI=1S/C16H23NO2.CH3.Ni/c1-10(2)13-8-7-9-14(11(3)4)15(13)17-12(5)16(18)19-6;;/h7-11H,1-6H3;1H3;/q;-1;. The molecular weight excluding hydrogens is 309 g/mol. The normalized spacial score (nSPS) is 11.0. The van der Waals surface area contributed by atoms with Crippen LogP contribution in [0.5, 0.6) is 0 Å². The number of carbonyl (C=O) groups excluding carboxylic acids is 1. The van der Waals surface area contributed by atoms with Gasteiger partial charge in [0.2, 0.25) is 0 Å². The Balaban J connectivity index is 0. The molecule has 0 saturated carbocycles. The van der Waals surface area contributed by atoms with Crippen molar-refractivity contribution in [1.29, 1.82) is 0 Å². The number of rotatable bonds is 4. The number of benzene rings is 1. The van der Waals surface area contributed by atoms with Crippen molar-refractivity contribution in [2.75, 3.05) is 7.11 Å². The van der Waals surface area contributed by atoms with Gasteiger partial charge in [-0.1, -0.05) is 45.9 Å². The first-order valence-corrected chi connectivity index (χ1v) is 6.64. The van der Waals surface area contributed by atoms with Gasteiger partial charge in [0.05, 0.1) is 12.8 Å². The first-order valence-electron chi connectivity index (χ1n) is 6.64. The third-order valence-corrected chi connectivity index (χ3v) is 3.10. The van der Waals surface area contributed by atoms with Gasteiger partial charge in [0.1, 0.15) is 5.71 Å². The van der Waals surface area contributed by atoms with Crippen LogP contribution in [0.25, 0.3) is 0 Å². The second kappa shape index (κ2) is 9.73. The molecule has 0 fully saturated rings. The Bertz CT molecular complexity index is 467. The number of nitrogens with zero attached hydrogens (tertiary/aromatic N) is 1. The van der Waals surface area contributed by atoms with Crippen LogP contribution in [0.15, 0.2) is 23.2 Å². The number of carbonyl (C=O) groups is 1. The van der Waals surface area contributed by atoms with Crippen molar-refractivity contribution >= 4 is 17.4 Å². The van der Waals surface area contributed by atoms with Crippen molar-refractivity contribution in [2.45, 2.75) is 46.5 Å². The quantitative estimate of drug-likeness (QED) is 0.348. The van der Waals surface area contributed by atoms with Crippen molar-refractivity contribution in [3.05, 3.63) is 36.8 Å². The second-order valence-corrected chi connectivity index (χ2v) is 5.28. The van der Waals surface area contributed by atoms with Crippen LogP contribution in [0, 0.1) is 7.43 Å². The van der Waals surface area contributed by atoms with Crippen LogP contribution >= 0.6 is 0 Å². The molecule has 0 aliphatic carbocycles. The maximum atomic E-state index is 11.5. The van der Waals surface area contributed by atoms with Gasteiger partial charge in [-0.15, -0.1) is 0 Å². The number of ether oxygens (including phenoxy) is 1. The van der Waals surface area contributed by atoms with E-state index < -0.39 is 0 Å². The molecule has 1 aromatic carbocycles. The number of aliphatic imine (C=N–C) groups is 1. The first kappa shape index (κ1) is 22.1. The summed E-state index contributed by atoms with van der Waals surface area (Å²) in [6, 6.07) is 6.19. The Kier molecular flexibility index (Phi) is 10.3. The third-order valence-electron chi connectivity index (χ3n) is 3.10. The zero-order valence-corrected chi connectivity index (χ0v) is 15.0. The summed E-state index contributed by atoms with van der Waals surface area (Å²) in [6.45, 7) is 10.2. The van der Waals surface area contributed by atoms with Crippen LogP contribution in [0.3, 0.4) is 0 Å². The fourth-order valence-electron chi connectivity index (χ4n) is 2.00. The average molecular weight is 335 g/mol. The Morgan fingerprint density at radius 1 is 1.10 bits per heavy atom. The van der Waals surface area contributed by atoms with E-state index >= 15 is 0 Å². The SMILES string of the molecule is COC(=O)C(C)=Nc1c(C(C)C)cccc1C(C)C.[CH3-].[Ni]. The van der Waals surface area contributed by atoms with E-state index in [0.29, 0.717) is 17.5 Å². The minimum Gasteiger partial charge on any atom is -0.465 e. The van der Waals surface area contributed by atoms with Crippen LogP contribution in [0.2, 0.25) is 0 Å². The van der Waals surface area contributed by atoms with E-state index in [1.807, 2.05) is 0 Å². The van der Waals surface area contributed by atoms with Crippen LogP contribution in [0.4, 0.5) is 5.69 Å². The average Bonchev–Trinajstić information content (AvgIpc) is 2.37. The second-order valence-electron chi connectivity index (χ2n) is 5.28. The minimum atomic E-state index is -0.381. The molecule has 3 nitrogen and oxygen atoms in total. The molecule has 1 rings (SSSR count). The molecule has 0 N–H and O–H groups in total. The smallest absolute Gasteiger partial charge is 0.352 e. The number of para-hydroxylation sites is 1. The van der Waals surface area contributed by atoms with Gasteiger partial charge in [-0.3, -0.25) is 0 Å². The fourth-order valence-corrected chi connectivity index (χ4v) is 2.00. The molecule has 0 aromatic heterocycles. The minimum absolute atomic E-state index is 0. The van der Waals surface area contributed by atoms with Crippen LogP contribution in [-0.2, 0) is 26.0 Å². The van der Waals surface area contributed by atoms with Crippen molar-refractivity contribution in [3.63, 3.8) is 0 Å². The molecule has 0 heterocycles. The van der Waals surface area contributed by atoms with Crippen LogP contribution < -0.4 is 0 Å². The molecule has 0 spiro atoms. The number of esters is 1. The molecular formula is C17H26NNiO2-. The summed E-state index contributed by atoms with van der Waals surface area (Å²) < 4.78 is 4.72. The van der Waals surface area contributed by atoms with Gasteiger partial charge < -0.3 is 12.2 Å². The van der Waals surface area contributed by atoms with E-state index in [9.17, 15) is 4.79 Å². The molecule has 4 heteroatoms. The Labute approximate surface area is 139 Å². The predicted molar refractivity (Wildman–Crippen MR) is 85.8 cm³/mol. The van der Waals surface area contributed by atoms with Gasteiger partial charge in [-0.05, 0) is 29.9 Å². The van der Waals surface area contributed by atoms with Gasteiger partial charge >= 0.3 is 5.97 Å². The van der Waals surface area contributed by atoms with Crippen molar-refractivity contribution < 1.29 is 26.0 Å². The molecule has 0 aliphatic rings. The van der Waals surface area contributed by atoms with Gasteiger partial charge in [-0.2, -0.15) is 0 Å². The van der Waals surface area contributed by atoms with Crippen LogP contribution in [0.1, 0.15) is 57.6 Å². The number of hydrogen-bond acceptors (Lipinski definition) is 3. The van der Waals surface area contributed by atoms with E-state index in [1.165, 1.54) is 7.11 Å². The number of hydrogen-bond donors (Lipinski definition) is 0. The topological polar surface area (TPSA) is 38.7 Å². The molecule has 0 radical (unpaired) electrons. The summed E-state index contributed by atoms with van der Waals surface area (Å²) >= 11 is 0. The molecule has 122 valence electrons. The molecule has 0 aliphatic heterocycles. The predicted octanol–water partition coefficient (Wildman–Crippen LogP) is 4.65. The fraction of sp³-hybridized carbons (Fsp3) is 0.471. The Morgan fingerprint density at radius 3 is 1.86 bits per heavy atom. The molecule has 21 heavy (non-hydrogen) atoms. The summed E-state index contributed by atoms with van der Waals surface area (Å²) in [7, 11) is 1.37.